The second kappa shape index (κ2) is 38.9. The SMILES string of the molecule is CC(CO[N+](=O)[O-])CSSCC(CO[N+](=O)[O-])O[N+](=O)[O-].CCC(CSSSCC(CO[N+](=O)[O-])O[N+](=O)[O-])O[N+](=O)[O-].O=[N+]([O-])OCC(CSSCc1ccccc1)O[N+](=O)[O-]. The highest BCUT2D eigenvalue weighted by Crippen LogP contribution is 2.36. The molecule has 0 aromatic heterocycles. The summed E-state index contributed by atoms with van der Waals surface area (Å²) in [6.07, 6.45) is -3.22. The van der Waals surface area contributed by atoms with E-state index in [9.17, 15) is 80.9 Å². The fourth-order valence-corrected chi connectivity index (χ4v) is 11.8. The quantitative estimate of drug-likeness (QED) is 0.0360. The summed E-state index contributed by atoms with van der Waals surface area (Å²) in [4.78, 5) is 114. The maximum absolute atomic E-state index is 10.3. The molecule has 0 aliphatic heterocycles. The smallest absolute Gasteiger partial charge is 0.294 e. The van der Waals surface area contributed by atoms with E-state index in [1.165, 1.54) is 63.8 Å². The molecule has 63 heavy (non-hydrogen) atoms. The molecule has 1 aromatic carbocycles. The van der Waals surface area contributed by atoms with Gasteiger partial charge in [-0.1, -0.05) is 109 Å². The highest BCUT2D eigenvalue weighted by atomic mass is 33.5. The Balaban J connectivity index is 0. The van der Waals surface area contributed by atoms with Crippen LogP contribution in [0, 0.1) is 86.8 Å². The molecule has 0 spiro atoms. The lowest BCUT2D eigenvalue weighted by atomic mass is 10.2. The van der Waals surface area contributed by atoms with Crippen LogP contribution in [0.1, 0.15) is 25.8 Å². The van der Waals surface area contributed by atoms with Gasteiger partial charge >= 0.3 is 0 Å². The lowest BCUT2D eigenvalue weighted by Crippen LogP contribution is -2.26. The van der Waals surface area contributed by atoms with Crippen LogP contribution in [0.25, 0.3) is 0 Å². The summed E-state index contributed by atoms with van der Waals surface area (Å²) in [6, 6.07) is 9.69. The van der Waals surface area contributed by atoms with Crippen LogP contribution in [0.2, 0.25) is 0 Å². The number of nitrogens with zero attached hydrogens (tertiary/aromatic N) is 8. The Labute approximate surface area is 380 Å². The molecule has 0 radical (unpaired) electrons. The minimum Gasteiger partial charge on any atom is -0.314 e. The van der Waals surface area contributed by atoms with Crippen molar-refractivity contribution in [2.45, 2.75) is 50.4 Å². The molecule has 0 aliphatic rings. The molecule has 0 bridgehead atoms. The Kier molecular flexibility index (Phi) is 37.3. The van der Waals surface area contributed by atoms with E-state index in [1.54, 1.807) is 13.8 Å². The topological polar surface area (TPSA) is 419 Å². The fourth-order valence-electron chi connectivity index (χ4n) is 3.04. The molecular formula is C24H38N8O24S7. The Morgan fingerprint density at radius 2 is 0.778 bits per heavy atom. The second-order valence-corrected chi connectivity index (χ2v) is 20.0. The van der Waals surface area contributed by atoms with E-state index in [2.05, 4.69) is 38.7 Å². The van der Waals surface area contributed by atoms with Crippen molar-refractivity contribution in [3.63, 3.8) is 0 Å². The van der Waals surface area contributed by atoms with E-state index in [1.807, 2.05) is 30.3 Å². The predicted octanol–water partition coefficient (Wildman–Crippen LogP) is 5.14. The first-order chi connectivity index (χ1) is 29.7. The first-order valence-corrected chi connectivity index (χ1v) is 25.3. The van der Waals surface area contributed by atoms with Gasteiger partial charge in [-0.05, 0) is 27.7 Å². The Morgan fingerprint density at radius 3 is 1.16 bits per heavy atom. The van der Waals surface area contributed by atoms with Crippen LogP contribution in [0.5, 0.6) is 0 Å². The monoisotopic (exact) mass is 1050 g/mol. The molecule has 0 aliphatic carbocycles. The van der Waals surface area contributed by atoms with Crippen LogP contribution >= 0.6 is 74.6 Å². The van der Waals surface area contributed by atoms with Crippen LogP contribution in [0.4, 0.5) is 0 Å². The Bertz CT molecular complexity index is 1510. The average molecular weight is 1050 g/mol. The molecule has 0 fully saturated rings. The molecule has 5 atom stereocenters. The van der Waals surface area contributed by atoms with Gasteiger partial charge in [0.05, 0.1) is 6.61 Å². The fraction of sp³-hybridized carbons (Fsp3) is 0.750. The van der Waals surface area contributed by atoms with Gasteiger partial charge in [-0.2, -0.15) is 0 Å². The summed E-state index contributed by atoms with van der Waals surface area (Å²) in [6.45, 7) is 1.84. The molecule has 1 aromatic rings. The van der Waals surface area contributed by atoms with Crippen molar-refractivity contribution in [1.29, 1.82) is 0 Å². The van der Waals surface area contributed by atoms with Crippen LogP contribution in [-0.2, 0) is 44.5 Å². The van der Waals surface area contributed by atoms with Crippen LogP contribution in [-0.4, -0.2) is 120 Å². The highest BCUT2D eigenvalue weighted by molar-refractivity contribution is 9.09. The number of rotatable bonds is 37. The van der Waals surface area contributed by atoms with Crippen molar-refractivity contribution in [2.75, 3.05) is 55.2 Å². The zero-order valence-electron chi connectivity index (χ0n) is 32.3. The normalized spacial score (nSPS) is 12.5. The second-order valence-electron chi connectivity index (χ2n) is 10.6. The van der Waals surface area contributed by atoms with Gasteiger partial charge in [0.2, 0.25) is 0 Å². The van der Waals surface area contributed by atoms with Crippen molar-refractivity contribution in [1.82, 2.24) is 0 Å². The van der Waals surface area contributed by atoms with Crippen LogP contribution in [0.15, 0.2) is 30.3 Å². The Morgan fingerprint density at radius 1 is 0.444 bits per heavy atom. The third-order valence-corrected chi connectivity index (χ3v) is 15.1. The minimum atomic E-state index is -1.09. The molecule has 0 N–H and O–H groups in total. The Hall–Kier alpha value is -4.73. The van der Waals surface area contributed by atoms with Crippen molar-refractivity contribution in [2.24, 2.45) is 5.92 Å². The molecule has 1 rings (SSSR count). The first-order valence-electron chi connectivity index (χ1n) is 16.5. The van der Waals surface area contributed by atoms with Gasteiger partial charge in [-0.25, -0.2) is 0 Å². The number of hydrogen-bond acceptors (Lipinski definition) is 31. The van der Waals surface area contributed by atoms with Crippen LogP contribution < -0.4 is 0 Å². The van der Waals surface area contributed by atoms with E-state index in [0.29, 0.717) is 17.9 Å². The van der Waals surface area contributed by atoms with E-state index in [-0.39, 0.29) is 29.8 Å². The highest BCUT2D eigenvalue weighted by Gasteiger charge is 2.19. The maximum Gasteiger partial charge on any atom is 0.294 e. The summed E-state index contributed by atoms with van der Waals surface area (Å²) in [5, 5.41) is 73.0. The standard InChI is InChI=1S/C10H12N2O6S2.C7H13N3O9S3.C7H13N3O9S2/c13-11(14)17-6-10(18-12(15)16)8-20-19-7-9-4-2-1-3-5-9;1-2-6(18-9(13)14)4-20-22-21-5-7(19-10(15)16)3-17-8(11)12;1-6(2-17-8(11)12)4-20-21-5-7(19-10(15)16)3-18-9(13)14/h1-5,10H,6-8H2;6-7H,2-5H2,1H3;6-7H,2-5H2,1H3. The average Bonchev–Trinajstić information content (AvgIpc) is 3.19. The van der Waals surface area contributed by atoms with Gasteiger partial charge in [0, 0.05) is 34.5 Å². The first kappa shape index (κ1) is 60.4. The van der Waals surface area contributed by atoms with Gasteiger partial charge in [-0.15, -0.1) is 80.9 Å². The van der Waals surface area contributed by atoms with E-state index in [0.717, 1.165) is 22.1 Å². The van der Waals surface area contributed by atoms with Crippen molar-refractivity contribution < 1.29 is 79.4 Å². The molecule has 39 heteroatoms. The summed E-state index contributed by atoms with van der Waals surface area (Å²) in [5.41, 5.74) is 1.12. The van der Waals surface area contributed by atoms with Gasteiger partial charge in [0.15, 0.2) is 0 Å². The lowest BCUT2D eigenvalue weighted by Gasteiger charge is -2.13. The summed E-state index contributed by atoms with van der Waals surface area (Å²) < 4.78 is 0. The van der Waals surface area contributed by atoms with Gasteiger partial charge in [-0.3, -0.25) is 0 Å². The molecule has 360 valence electrons. The zero-order chi connectivity index (χ0) is 48.0. The molecule has 5 unspecified atom stereocenters. The van der Waals surface area contributed by atoms with Gasteiger partial charge in [0.25, 0.3) is 40.7 Å². The van der Waals surface area contributed by atoms with E-state index >= 15 is 0 Å². The van der Waals surface area contributed by atoms with Crippen LogP contribution in [0.3, 0.4) is 0 Å². The largest absolute Gasteiger partial charge is 0.314 e. The van der Waals surface area contributed by atoms with Gasteiger partial charge in [0.1, 0.15) is 44.2 Å². The van der Waals surface area contributed by atoms with Crippen molar-refractivity contribution >= 4 is 74.6 Å². The third-order valence-electron chi connectivity index (χ3n) is 5.66. The van der Waals surface area contributed by atoms with E-state index in [4.69, 9.17) is 0 Å². The lowest BCUT2D eigenvalue weighted by molar-refractivity contribution is -0.788. The molecule has 0 saturated carbocycles. The van der Waals surface area contributed by atoms with Crippen molar-refractivity contribution in [3.05, 3.63) is 117 Å². The minimum absolute atomic E-state index is 0.0557. The summed E-state index contributed by atoms with van der Waals surface area (Å²) in [5.74, 6) is 1.85. The zero-order valence-corrected chi connectivity index (χ0v) is 38.0. The predicted molar refractivity (Wildman–Crippen MR) is 226 cm³/mol. The third kappa shape index (κ3) is 43.7. The number of hydrogen-bond donors (Lipinski definition) is 0. The van der Waals surface area contributed by atoms with E-state index < -0.39 is 84.9 Å². The molecule has 32 nitrogen and oxygen atoms in total. The molecule has 0 amide bonds. The molecular weight excluding hydrogens is 1010 g/mol. The number of benzene rings is 1. The maximum atomic E-state index is 10.3. The molecule has 0 saturated heterocycles. The van der Waals surface area contributed by atoms with Gasteiger partial charge < -0.3 is 38.7 Å². The molecule has 0 heterocycles. The summed E-state index contributed by atoms with van der Waals surface area (Å²) >= 11 is 0. The van der Waals surface area contributed by atoms with Crippen molar-refractivity contribution in [3.8, 4) is 0 Å². The summed E-state index contributed by atoms with van der Waals surface area (Å²) in [7, 11) is 8.91.